The third-order valence-electron chi connectivity index (χ3n) is 3.28. The highest BCUT2D eigenvalue weighted by Gasteiger charge is 2.25. The van der Waals surface area contributed by atoms with Crippen LogP contribution in [0.15, 0.2) is 41.0 Å². The molecule has 3 heteroatoms. The Kier molecular flexibility index (Phi) is 2.52. The number of methoxy groups -OCH3 is 1. The normalized spacial score (nSPS) is 18.3. The molecule has 1 aromatic carbocycles. The third-order valence-corrected chi connectivity index (χ3v) is 3.28. The Morgan fingerprint density at radius 1 is 1.29 bits per heavy atom. The van der Waals surface area contributed by atoms with Gasteiger partial charge in [-0.15, -0.1) is 0 Å². The Morgan fingerprint density at radius 2 is 2.24 bits per heavy atom. The molecule has 3 nitrogen and oxygen atoms in total. The molecule has 0 spiro atoms. The van der Waals surface area contributed by atoms with E-state index < -0.39 is 0 Å². The minimum atomic E-state index is 0.330. The lowest BCUT2D eigenvalue weighted by atomic mass is 9.89. The van der Waals surface area contributed by atoms with E-state index in [0.29, 0.717) is 5.92 Å². The van der Waals surface area contributed by atoms with Crippen molar-refractivity contribution in [2.45, 2.75) is 12.3 Å². The van der Waals surface area contributed by atoms with Gasteiger partial charge in [0.25, 0.3) is 0 Å². The highest BCUT2D eigenvalue weighted by atomic mass is 16.5. The van der Waals surface area contributed by atoms with E-state index in [-0.39, 0.29) is 0 Å². The molecule has 1 atom stereocenters. The number of fused-ring (bicyclic) bond motifs is 1. The minimum absolute atomic E-state index is 0.330. The molecular formula is C14H15NO2. The molecular weight excluding hydrogens is 214 g/mol. The fourth-order valence-corrected chi connectivity index (χ4v) is 2.48. The van der Waals surface area contributed by atoms with Crippen LogP contribution in [0.5, 0.6) is 5.75 Å². The summed E-state index contributed by atoms with van der Waals surface area (Å²) in [6, 6.07) is 10.1. The van der Waals surface area contributed by atoms with Gasteiger partial charge >= 0.3 is 0 Å². The first-order valence-electron chi connectivity index (χ1n) is 5.84. The third kappa shape index (κ3) is 1.68. The standard InChI is InChI=1S/C14H15NO2/c1-16-13-5-2-4-11-10(7-8-15-14(11)13)12-6-3-9-17-12/h2-6,9-10,15H,7-8H2,1H3. The van der Waals surface area contributed by atoms with Crippen LogP contribution in [0.4, 0.5) is 5.69 Å². The van der Waals surface area contributed by atoms with E-state index in [0.717, 1.165) is 30.2 Å². The van der Waals surface area contributed by atoms with Crippen LogP contribution in [0.1, 0.15) is 23.7 Å². The smallest absolute Gasteiger partial charge is 0.142 e. The molecule has 2 heterocycles. The number of rotatable bonds is 2. The molecule has 0 bridgehead atoms. The first kappa shape index (κ1) is 10.3. The van der Waals surface area contributed by atoms with Crippen molar-refractivity contribution in [3.05, 3.63) is 47.9 Å². The van der Waals surface area contributed by atoms with Crippen LogP contribution in [-0.2, 0) is 0 Å². The minimum Gasteiger partial charge on any atom is -0.495 e. The Hall–Kier alpha value is -1.90. The highest BCUT2D eigenvalue weighted by molar-refractivity contribution is 5.65. The molecule has 0 saturated carbocycles. The van der Waals surface area contributed by atoms with E-state index in [1.54, 1.807) is 13.4 Å². The molecule has 17 heavy (non-hydrogen) atoms. The van der Waals surface area contributed by atoms with E-state index in [2.05, 4.69) is 11.4 Å². The second-order valence-corrected chi connectivity index (χ2v) is 4.21. The molecule has 1 aliphatic heterocycles. The molecule has 1 N–H and O–H groups in total. The average Bonchev–Trinajstić information content (AvgIpc) is 2.91. The zero-order valence-corrected chi connectivity index (χ0v) is 9.77. The molecule has 0 saturated heterocycles. The van der Waals surface area contributed by atoms with Crippen molar-refractivity contribution >= 4 is 5.69 Å². The van der Waals surface area contributed by atoms with E-state index in [1.807, 2.05) is 24.3 Å². The molecule has 0 fully saturated rings. The topological polar surface area (TPSA) is 34.4 Å². The van der Waals surface area contributed by atoms with Gasteiger partial charge in [-0.25, -0.2) is 0 Å². The summed E-state index contributed by atoms with van der Waals surface area (Å²) in [6.45, 7) is 0.943. The zero-order chi connectivity index (χ0) is 11.7. The number of anilines is 1. The van der Waals surface area contributed by atoms with Crippen molar-refractivity contribution in [1.82, 2.24) is 0 Å². The van der Waals surface area contributed by atoms with Gasteiger partial charge in [-0.1, -0.05) is 12.1 Å². The van der Waals surface area contributed by atoms with Crippen molar-refractivity contribution < 1.29 is 9.15 Å². The van der Waals surface area contributed by atoms with E-state index in [9.17, 15) is 0 Å². The maximum atomic E-state index is 5.53. The predicted octanol–water partition coefficient (Wildman–Crippen LogP) is 3.24. The SMILES string of the molecule is COc1cccc2c1NCCC2c1ccco1. The molecule has 88 valence electrons. The summed E-state index contributed by atoms with van der Waals surface area (Å²) in [5, 5.41) is 3.41. The van der Waals surface area contributed by atoms with E-state index in [1.165, 1.54) is 5.56 Å². The van der Waals surface area contributed by atoms with Gasteiger partial charge in [0.2, 0.25) is 0 Å². The van der Waals surface area contributed by atoms with Gasteiger partial charge in [-0.2, -0.15) is 0 Å². The summed E-state index contributed by atoms with van der Waals surface area (Å²) in [6.07, 6.45) is 2.78. The van der Waals surface area contributed by atoms with Crippen LogP contribution in [0.2, 0.25) is 0 Å². The second kappa shape index (κ2) is 4.17. The van der Waals surface area contributed by atoms with Crippen molar-refractivity contribution in [3.8, 4) is 5.75 Å². The Bertz CT molecular complexity index is 505. The van der Waals surface area contributed by atoms with Gasteiger partial charge in [-0.3, -0.25) is 0 Å². The summed E-state index contributed by atoms with van der Waals surface area (Å²) in [5.74, 6) is 2.26. The quantitative estimate of drug-likeness (QED) is 0.858. The number of benzene rings is 1. The molecule has 1 aromatic heterocycles. The average molecular weight is 229 g/mol. The molecule has 1 unspecified atom stereocenters. The predicted molar refractivity (Wildman–Crippen MR) is 66.7 cm³/mol. The number of furan rings is 1. The second-order valence-electron chi connectivity index (χ2n) is 4.21. The van der Waals surface area contributed by atoms with Crippen LogP contribution >= 0.6 is 0 Å². The summed E-state index contributed by atoms with van der Waals surface area (Å²) in [4.78, 5) is 0. The molecule has 0 amide bonds. The molecule has 2 aromatic rings. The zero-order valence-electron chi connectivity index (χ0n) is 9.77. The van der Waals surface area contributed by atoms with Gasteiger partial charge in [0.1, 0.15) is 11.5 Å². The number of ether oxygens (including phenoxy) is 1. The largest absolute Gasteiger partial charge is 0.495 e. The van der Waals surface area contributed by atoms with Crippen LogP contribution in [0.3, 0.4) is 0 Å². The van der Waals surface area contributed by atoms with Crippen LogP contribution < -0.4 is 10.1 Å². The van der Waals surface area contributed by atoms with Gasteiger partial charge in [-0.05, 0) is 30.2 Å². The number of para-hydroxylation sites is 1. The molecule has 0 radical (unpaired) electrons. The first-order valence-corrected chi connectivity index (χ1v) is 5.84. The number of hydrogen-bond acceptors (Lipinski definition) is 3. The van der Waals surface area contributed by atoms with Crippen LogP contribution in [0.25, 0.3) is 0 Å². The number of nitrogens with one attached hydrogen (secondary N) is 1. The summed E-state index contributed by atoms with van der Waals surface area (Å²) < 4.78 is 10.9. The van der Waals surface area contributed by atoms with Gasteiger partial charge < -0.3 is 14.5 Å². The maximum Gasteiger partial charge on any atom is 0.142 e. The lowest BCUT2D eigenvalue weighted by Gasteiger charge is -2.26. The monoisotopic (exact) mass is 229 g/mol. The van der Waals surface area contributed by atoms with Gasteiger partial charge in [0.05, 0.1) is 19.1 Å². The summed E-state index contributed by atoms with van der Waals surface area (Å²) in [5.41, 5.74) is 2.35. The van der Waals surface area contributed by atoms with E-state index in [4.69, 9.17) is 9.15 Å². The fourth-order valence-electron chi connectivity index (χ4n) is 2.48. The first-order chi connectivity index (χ1) is 8.40. The lowest BCUT2D eigenvalue weighted by Crippen LogP contribution is -2.17. The van der Waals surface area contributed by atoms with Crippen molar-refractivity contribution in [2.24, 2.45) is 0 Å². The molecule has 1 aliphatic rings. The summed E-state index contributed by atoms with van der Waals surface area (Å²) in [7, 11) is 1.70. The molecule has 3 rings (SSSR count). The lowest BCUT2D eigenvalue weighted by molar-refractivity contribution is 0.413. The van der Waals surface area contributed by atoms with Crippen LogP contribution in [-0.4, -0.2) is 13.7 Å². The highest BCUT2D eigenvalue weighted by Crippen LogP contribution is 2.41. The Morgan fingerprint density at radius 3 is 3.00 bits per heavy atom. The van der Waals surface area contributed by atoms with Gasteiger partial charge in [0, 0.05) is 12.5 Å². The maximum absolute atomic E-state index is 5.53. The van der Waals surface area contributed by atoms with Crippen molar-refractivity contribution in [2.75, 3.05) is 19.0 Å². The Labute approximate surface area is 100 Å². The van der Waals surface area contributed by atoms with Crippen LogP contribution in [0, 0.1) is 0 Å². The fraction of sp³-hybridized carbons (Fsp3) is 0.286. The van der Waals surface area contributed by atoms with Crippen molar-refractivity contribution in [3.63, 3.8) is 0 Å². The Balaban J connectivity index is 2.08. The molecule has 0 aliphatic carbocycles. The van der Waals surface area contributed by atoms with Crippen molar-refractivity contribution in [1.29, 1.82) is 0 Å². The van der Waals surface area contributed by atoms with E-state index >= 15 is 0 Å². The van der Waals surface area contributed by atoms with Gasteiger partial charge in [0.15, 0.2) is 0 Å². The number of hydrogen-bond donors (Lipinski definition) is 1. The summed E-state index contributed by atoms with van der Waals surface area (Å²) >= 11 is 0.